The van der Waals surface area contributed by atoms with Gasteiger partial charge in [-0.15, -0.1) is 0 Å². The van der Waals surface area contributed by atoms with E-state index in [4.69, 9.17) is 14.2 Å². The van der Waals surface area contributed by atoms with E-state index in [1.807, 2.05) is 24.3 Å². The third kappa shape index (κ3) is 4.43. The maximum Gasteiger partial charge on any atom is 0.265 e. The molecule has 0 bridgehead atoms. The Balaban J connectivity index is 1.61. The third-order valence-corrected chi connectivity index (χ3v) is 5.47. The van der Waals surface area contributed by atoms with Crippen LogP contribution in [0.1, 0.15) is 11.4 Å². The summed E-state index contributed by atoms with van der Waals surface area (Å²) >= 11 is 0. The summed E-state index contributed by atoms with van der Waals surface area (Å²) in [5, 5.41) is 3.40. The van der Waals surface area contributed by atoms with E-state index in [9.17, 15) is 9.59 Å². The number of aryl methyl sites for hydroxylation is 1. The highest BCUT2D eigenvalue weighted by Gasteiger charge is 2.14. The zero-order chi connectivity index (χ0) is 24.2. The first-order valence-corrected chi connectivity index (χ1v) is 10.6. The molecule has 1 heterocycles. The molecule has 0 aliphatic heterocycles. The predicted octanol–water partition coefficient (Wildman–Crippen LogP) is 3.90. The van der Waals surface area contributed by atoms with Gasteiger partial charge >= 0.3 is 0 Å². The fourth-order valence-corrected chi connectivity index (χ4v) is 3.84. The van der Waals surface area contributed by atoms with Crippen LogP contribution in [0.4, 0.5) is 5.69 Å². The van der Waals surface area contributed by atoms with E-state index in [2.05, 4.69) is 10.3 Å². The van der Waals surface area contributed by atoms with Crippen LogP contribution in [0.25, 0.3) is 16.6 Å². The van der Waals surface area contributed by atoms with Crippen molar-refractivity contribution in [3.8, 4) is 22.9 Å². The molecular formula is C26H25N3O5. The van der Waals surface area contributed by atoms with Crippen LogP contribution in [0.15, 0.2) is 65.5 Å². The largest absolute Gasteiger partial charge is 0.494 e. The van der Waals surface area contributed by atoms with Gasteiger partial charge in [0.1, 0.15) is 11.6 Å². The summed E-state index contributed by atoms with van der Waals surface area (Å²) in [4.78, 5) is 30.4. The lowest BCUT2D eigenvalue weighted by molar-refractivity contribution is -0.115. The summed E-state index contributed by atoms with van der Waals surface area (Å²) < 4.78 is 17.6. The predicted molar refractivity (Wildman–Crippen MR) is 131 cm³/mol. The van der Waals surface area contributed by atoms with Crippen molar-refractivity contribution in [3.05, 3.63) is 82.4 Å². The smallest absolute Gasteiger partial charge is 0.265 e. The molecule has 0 radical (unpaired) electrons. The van der Waals surface area contributed by atoms with Gasteiger partial charge in [-0.3, -0.25) is 14.2 Å². The molecule has 174 valence electrons. The fourth-order valence-electron chi connectivity index (χ4n) is 3.84. The third-order valence-electron chi connectivity index (χ3n) is 5.47. The van der Waals surface area contributed by atoms with E-state index >= 15 is 0 Å². The Morgan fingerprint density at radius 1 is 0.912 bits per heavy atom. The molecule has 1 amide bonds. The van der Waals surface area contributed by atoms with Crippen molar-refractivity contribution < 1.29 is 19.0 Å². The SMILES string of the molecule is COc1cc(-n2c(C)nc3ccccc3c2=O)ccc1NC(=O)Cc1ccc(OC)c(OC)c1. The second-order valence-corrected chi connectivity index (χ2v) is 7.62. The number of hydrogen-bond donors (Lipinski definition) is 1. The van der Waals surface area contributed by atoms with Gasteiger partial charge in [-0.2, -0.15) is 0 Å². The van der Waals surface area contributed by atoms with Crippen LogP contribution in [0.5, 0.6) is 17.2 Å². The Labute approximate surface area is 196 Å². The average molecular weight is 460 g/mol. The number of rotatable bonds is 7. The zero-order valence-corrected chi connectivity index (χ0v) is 19.4. The lowest BCUT2D eigenvalue weighted by atomic mass is 10.1. The maximum atomic E-state index is 13.1. The number of amides is 1. The summed E-state index contributed by atoms with van der Waals surface area (Å²) in [7, 11) is 4.62. The van der Waals surface area contributed by atoms with Gasteiger partial charge in [-0.1, -0.05) is 18.2 Å². The first-order chi connectivity index (χ1) is 16.4. The van der Waals surface area contributed by atoms with Crippen molar-refractivity contribution in [3.63, 3.8) is 0 Å². The van der Waals surface area contributed by atoms with Crippen LogP contribution in [0, 0.1) is 6.92 Å². The van der Waals surface area contributed by atoms with Gasteiger partial charge in [0.25, 0.3) is 5.56 Å². The molecule has 0 aliphatic rings. The minimum absolute atomic E-state index is 0.137. The van der Waals surface area contributed by atoms with Crippen LogP contribution < -0.4 is 25.1 Å². The number of aromatic nitrogens is 2. The van der Waals surface area contributed by atoms with Gasteiger partial charge in [0, 0.05) is 6.07 Å². The summed E-state index contributed by atoms with van der Waals surface area (Å²) in [6.45, 7) is 1.78. The number of benzene rings is 3. The lowest BCUT2D eigenvalue weighted by Gasteiger charge is -2.15. The quantitative estimate of drug-likeness (QED) is 0.451. The molecule has 0 aliphatic carbocycles. The Kier molecular flexibility index (Phi) is 6.49. The highest BCUT2D eigenvalue weighted by molar-refractivity contribution is 5.94. The molecule has 3 aromatic carbocycles. The van der Waals surface area contributed by atoms with Gasteiger partial charge < -0.3 is 19.5 Å². The first-order valence-electron chi connectivity index (χ1n) is 10.6. The Bertz CT molecular complexity index is 1430. The Hall–Kier alpha value is -4.33. The van der Waals surface area contributed by atoms with Crippen LogP contribution in [-0.4, -0.2) is 36.8 Å². The molecule has 0 spiro atoms. The molecule has 1 N–H and O–H groups in total. The average Bonchev–Trinajstić information content (AvgIpc) is 2.84. The summed E-state index contributed by atoms with van der Waals surface area (Å²) in [5.41, 5.74) is 2.34. The number of nitrogens with zero attached hydrogens (tertiary/aromatic N) is 2. The standard InChI is InChI=1S/C26H25N3O5/c1-16-27-20-8-6-5-7-19(20)26(31)29(16)18-10-11-21(23(15-18)33-3)28-25(30)14-17-9-12-22(32-2)24(13-17)34-4/h5-13,15H,14H2,1-4H3,(H,28,30). The highest BCUT2D eigenvalue weighted by atomic mass is 16.5. The summed E-state index contributed by atoms with van der Waals surface area (Å²) in [5.74, 6) is 1.91. The molecule has 4 aromatic rings. The van der Waals surface area contributed by atoms with Crippen molar-refractivity contribution in [2.24, 2.45) is 0 Å². The minimum Gasteiger partial charge on any atom is -0.494 e. The molecule has 0 fully saturated rings. The normalized spacial score (nSPS) is 10.7. The number of para-hydroxylation sites is 1. The maximum absolute atomic E-state index is 13.1. The number of anilines is 1. The number of fused-ring (bicyclic) bond motifs is 1. The van der Waals surface area contributed by atoms with E-state index in [0.717, 1.165) is 5.56 Å². The number of methoxy groups -OCH3 is 3. The number of carbonyl (C=O) groups excluding carboxylic acids is 1. The first kappa shape index (κ1) is 22.8. The van der Waals surface area contributed by atoms with Crippen molar-refractivity contribution in [2.45, 2.75) is 13.3 Å². The monoisotopic (exact) mass is 459 g/mol. The zero-order valence-electron chi connectivity index (χ0n) is 19.4. The van der Waals surface area contributed by atoms with Gasteiger partial charge in [0.05, 0.1) is 50.0 Å². The fraction of sp³-hybridized carbons (Fsp3) is 0.192. The summed E-state index contributed by atoms with van der Waals surface area (Å²) in [6.07, 6.45) is 0.137. The number of nitrogens with one attached hydrogen (secondary N) is 1. The second-order valence-electron chi connectivity index (χ2n) is 7.62. The van der Waals surface area contributed by atoms with E-state index in [-0.39, 0.29) is 17.9 Å². The van der Waals surface area contributed by atoms with E-state index in [0.29, 0.717) is 45.4 Å². The van der Waals surface area contributed by atoms with Crippen LogP contribution in [0.2, 0.25) is 0 Å². The lowest BCUT2D eigenvalue weighted by Crippen LogP contribution is -2.22. The molecular weight excluding hydrogens is 434 g/mol. The van der Waals surface area contributed by atoms with Crippen molar-refractivity contribution in [1.29, 1.82) is 0 Å². The van der Waals surface area contributed by atoms with Gasteiger partial charge in [-0.25, -0.2) is 4.98 Å². The highest BCUT2D eigenvalue weighted by Crippen LogP contribution is 2.29. The second kappa shape index (κ2) is 9.66. The van der Waals surface area contributed by atoms with Crippen molar-refractivity contribution in [2.75, 3.05) is 26.6 Å². The molecule has 1 aromatic heterocycles. The number of hydrogen-bond acceptors (Lipinski definition) is 6. The number of carbonyl (C=O) groups is 1. The Morgan fingerprint density at radius 2 is 1.65 bits per heavy atom. The van der Waals surface area contributed by atoms with Gasteiger partial charge in [0.2, 0.25) is 5.91 Å². The molecule has 0 atom stereocenters. The topological polar surface area (TPSA) is 91.7 Å². The molecule has 0 saturated heterocycles. The van der Waals surface area contributed by atoms with Crippen LogP contribution in [0.3, 0.4) is 0 Å². The molecule has 4 rings (SSSR count). The van der Waals surface area contributed by atoms with E-state index in [1.165, 1.54) is 11.7 Å². The molecule has 8 heteroatoms. The van der Waals surface area contributed by atoms with Gasteiger partial charge in [0.15, 0.2) is 11.5 Å². The molecule has 0 saturated carbocycles. The van der Waals surface area contributed by atoms with E-state index in [1.54, 1.807) is 57.5 Å². The number of ether oxygens (including phenoxy) is 3. The van der Waals surface area contributed by atoms with Gasteiger partial charge in [-0.05, 0) is 48.9 Å². The van der Waals surface area contributed by atoms with Crippen molar-refractivity contribution >= 4 is 22.5 Å². The molecule has 34 heavy (non-hydrogen) atoms. The molecule has 8 nitrogen and oxygen atoms in total. The van der Waals surface area contributed by atoms with Crippen molar-refractivity contribution in [1.82, 2.24) is 9.55 Å². The minimum atomic E-state index is -0.223. The molecule has 0 unspecified atom stereocenters. The van der Waals surface area contributed by atoms with Crippen LogP contribution in [-0.2, 0) is 11.2 Å². The summed E-state index contributed by atoms with van der Waals surface area (Å²) in [6, 6.07) is 17.7. The Morgan fingerprint density at radius 3 is 2.38 bits per heavy atom. The van der Waals surface area contributed by atoms with E-state index < -0.39 is 0 Å². The van der Waals surface area contributed by atoms with Crippen LogP contribution >= 0.6 is 0 Å².